The summed E-state index contributed by atoms with van der Waals surface area (Å²) in [4.78, 5) is 0. The minimum absolute atomic E-state index is 0.0450. The van der Waals surface area contributed by atoms with E-state index in [2.05, 4.69) is 0 Å². The van der Waals surface area contributed by atoms with Crippen LogP contribution in [0.3, 0.4) is 0 Å². The fraction of sp³-hybridized carbons (Fsp3) is 0.250. The zero-order chi connectivity index (χ0) is 10.9. The van der Waals surface area contributed by atoms with E-state index in [1.54, 1.807) is 5.48 Å². The fourth-order valence-corrected chi connectivity index (χ4v) is 1.18. The van der Waals surface area contributed by atoms with Crippen molar-refractivity contribution in [2.45, 2.75) is 13.1 Å². The monoisotopic (exact) mass is 225 g/mol. The predicted octanol–water partition coefficient (Wildman–Crippen LogP) is 3.47. The van der Waals surface area contributed by atoms with Crippen molar-refractivity contribution >= 4 is 17.3 Å². The van der Waals surface area contributed by atoms with Gasteiger partial charge in [0.15, 0.2) is 0 Å². The molecule has 0 amide bonds. The average Bonchev–Trinajstić information content (AvgIpc) is 2.07. The molecule has 0 aliphatic rings. The van der Waals surface area contributed by atoms with Crippen molar-refractivity contribution in [3.05, 3.63) is 28.3 Å². The fourth-order valence-electron chi connectivity index (χ4n) is 0.959. The lowest BCUT2D eigenvalue weighted by Gasteiger charge is -2.11. The molecule has 0 aliphatic heterocycles. The third-order valence-corrected chi connectivity index (χ3v) is 2.18. The van der Waals surface area contributed by atoms with Gasteiger partial charge < -0.3 is 0 Å². The van der Waals surface area contributed by atoms with Crippen molar-refractivity contribution in [2.75, 3.05) is 5.48 Å². The summed E-state index contributed by atoms with van der Waals surface area (Å²) in [5.41, 5.74) is 1.08. The standard InChI is InChI=1S/C8H7ClF3NO/c1-4-6(9)2-5(8(10,11)12)3-7(4)13-14/h2-3,13-14H,1H3. The van der Waals surface area contributed by atoms with Crippen LogP contribution in [0.2, 0.25) is 5.02 Å². The summed E-state index contributed by atoms with van der Waals surface area (Å²) in [6.07, 6.45) is -4.47. The number of alkyl halides is 3. The van der Waals surface area contributed by atoms with Crippen LogP contribution in [0.4, 0.5) is 18.9 Å². The molecular weight excluding hydrogens is 219 g/mol. The largest absolute Gasteiger partial charge is 0.416 e. The molecule has 0 spiro atoms. The molecule has 0 fully saturated rings. The smallest absolute Gasteiger partial charge is 0.291 e. The van der Waals surface area contributed by atoms with Gasteiger partial charge in [-0.15, -0.1) is 0 Å². The summed E-state index contributed by atoms with van der Waals surface area (Å²) >= 11 is 5.55. The first kappa shape index (κ1) is 11.1. The van der Waals surface area contributed by atoms with Crippen molar-refractivity contribution in [3.8, 4) is 0 Å². The highest BCUT2D eigenvalue weighted by molar-refractivity contribution is 6.31. The minimum Gasteiger partial charge on any atom is -0.291 e. The number of rotatable bonds is 1. The van der Waals surface area contributed by atoms with Gasteiger partial charge in [0.1, 0.15) is 0 Å². The van der Waals surface area contributed by atoms with E-state index in [9.17, 15) is 13.2 Å². The number of benzene rings is 1. The number of nitrogens with one attached hydrogen (secondary N) is 1. The van der Waals surface area contributed by atoms with Gasteiger partial charge in [-0.1, -0.05) is 11.6 Å². The lowest BCUT2D eigenvalue weighted by Crippen LogP contribution is -2.06. The van der Waals surface area contributed by atoms with Gasteiger partial charge in [-0.2, -0.15) is 13.2 Å². The highest BCUT2D eigenvalue weighted by Crippen LogP contribution is 2.35. The summed E-state index contributed by atoms with van der Waals surface area (Å²) in [7, 11) is 0. The SMILES string of the molecule is Cc1c(Cl)cc(C(F)(F)F)cc1NO. The average molecular weight is 226 g/mol. The van der Waals surface area contributed by atoms with E-state index in [0.717, 1.165) is 12.1 Å². The quantitative estimate of drug-likeness (QED) is 0.718. The summed E-state index contributed by atoms with van der Waals surface area (Å²) in [5, 5.41) is 8.51. The third-order valence-electron chi connectivity index (χ3n) is 1.79. The molecule has 1 rings (SSSR count). The van der Waals surface area contributed by atoms with Crippen LogP contribution in [0.5, 0.6) is 0 Å². The molecule has 0 saturated heterocycles. The molecule has 2 N–H and O–H groups in total. The van der Waals surface area contributed by atoms with Gasteiger partial charge in [0.2, 0.25) is 0 Å². The Morgan fingerprint density at radius 3 is 2.36 bits per heavy atom. The van der Waals surface area contributed by atoms with Gasteiger partial charge in [0, 0.05) is 5.02 Å². The Morgan fingerprint density at radius 1 is 1.36 bits per heavy atom. The molecule has 0 aliphatic carbocycles. The molecule has 14 heavy (non-hydrogen) atoms. The highest BCUT2D eigenvalue weighted by Gasteiger charge is 2.31. The Morgan fingerprint density at radius 2 is 1.93 bits per heavy atom. The van der Waals surface area contributed by atoms with Gasteiger partial charge >= 0.3 is 6.18 Å². The molecule has 0 heterocycles. The predicted molar refractivity (Wildman–Crippen MR) is 46.6 cm³/mol. The van der Waals surface area contributed by atoms with Crippen LogP contribution >= 0.6 is 11.6 Å². The van der Waals surface area contributed by atoms with Gasteiger partial charge in [0.05, 0.1) is 11.3 Å². The Hall–Kier alpha value is -0.940. The maximum atomic E-state index is 12.2. The second-order valence-corrected chi connectivity index (χ2v) is 3.15. The van der Waals surface area contributed by atoms with Gasteiger partial charge in [-0.25, -0.2) is 0 Å². The van der Waals surface area contributed by atoms with E-state index in [0.29, 0.717) is 5.56 Å². The van der Waals surface area contributed by atoms with E-state index < -0.39 is 11.7 Å². The maximum absolute atomic E-state index is 12.2. The second-order valence-electron chi connectivity index (χ2n) is 2.74. The summed E-state index contributed by atoms with van der Waals surface area (Å²) in [6, 6.07) is 1.61. The molecule has 2 nitrogen and oxygen atoms in total. The summed E-state index contributed by atoms with van der Waals surface area (Å²) in [5.74, 6) is 0. The zero-order valence-corrected chi connectivity index (χ0v) is 7.87. The molecule has 1 aromatic rings. The van der Waals surface area contributed by atoms with Crippen LogP contribution in [0.15, 0.2) is 12.1 Å². The lowest BCUT2D eigenvalue weighted by molar-refractivity contribution is -0.137. The van der Waals surface area contributed by atoms with E-state index in [1.807, 2.05) is 0 Å². The molecule has 1 aromatic carbocycles. The number of anilines is 1. The molecule has 0 unspecified atom stereocenters. The van der Waals surface area contributed by atoms with Gasteiger partial charge in [-0.05, 0) is 24.6 Å². The molecule has 78 valence electrons. The van der Waals surface area contributed by atoms with Crippen molar-refractivity contribution in [2.24, 2.45) is 0 Å². The maximum Gasteiger partial charge on any atom is 0.416 e. The highest BCUT2D eigenvalue weighted by atomic mass is 35.5. The Balaban J connectivity index is 3.30. The molecule has 0 saturated carbocycles. The van der Waals surface area contributed by atoms with Gasteiger partial charge in [-0.3, -0.25) is 10.7 Å². The van der Waals surface area contributed by atoms with E-state index in [4.69, 9.17) is 16.8 Å². The molecule has 0 aromatic heterocycles. The van der Waals surface area contributed by atoms with Crippen LogP contribution < -0.4 is 5.48 Å². The minimum atomic E-state index is -4.47. The molecule has 6 heteroatoms. The van der Waals surface area contributed by atoms with Crippen molar-refractivity contribution in [1.29, 1.82) is 0 Å². The lowest BCUT2D eigenvalue weighted by atomic mass is 10.1. The number of halogens is 4. The first-order valence-electron chi connectivity index (χ1n) is 3.63. The van der Waals surface area contributed by atoms with Crippen LogP contribution in [-0.2, 0) is 6.18 Å². The zero-order valence-electron chi connectivity index (χ0n) is 7.11. The molecular formula is C8H7ClF3NO. The second kappa shape index (κ2) is 3.67. The van der Waals surface area contributed by atoms with Gasteiger partial charge in [0.25, 0.3) is 0 Å². The molecule has 0 bridgehead atoms. The van der Waals surface area contributed by atoms with E-state index in [1.165, 1.54) is 6.92 Å². The van der Waals surface area contributed by atoms with Crippen LogP contribution in [0.1, 0.15) is 11.1 Å². The first-order valence-corrected chi connectivity index (χ1v) is 4.01. The summed E-state index contributed by atoms with van der Waals surface area (Å²) < 4.78 is 36.7. The van der Waals surface area contributed by atoms with Crippen molar-refractivity contribution in [3.63, 3.8) is 0 Å². The molecule has 0 radical (unpaired) electrons. The first-order chi connectivity index (χ1) is 6.36. The van der Waals surface area contributed by atoms with E-state index >= 15 is 0 Å². The third kappa shape index (κ3) is 2.10. The number of hydrogen-bond acceptors (Lipinski definition) is 2. The van der Waals surface area contributed by atoms with Crippen LogP contribution in [0.25, 0.3) is 0 Å². The summed E-state index contributed by atoms with van der Waals surface area (Å²) in [6.45, 7) is 1.50. The Kier molecular flexibility index (Phi) is 2.92. The van der Waals surface area contributed by atoms with Crippen LogP contribution in [0, 0.1) is 6.92 Å². The Labute approximate surface area is 83.3 Å². The normalized spacial score (nSPS) is 11.6. The Bertz CT molecular complexity index is 351. The molecule has 0 atom stereocenters. The van der Waals surface area contributed by atoms with E-state index in [-0.39, 0.29) is 10.7 Å². The topological polar surface area (TPSA) is 32.3 Å². The van der Waals surface area contributed by atoms with Crippen molar-refractivity contribution in [1.82, 2.24) is 0 Å². The van der Waals surface area contributed by atoms with Crippen LogP contribution in [-0.4, -0.2) is 5.21 Å². The van der Waals surface area contributed by atoms with Crippen molar-refractivity contribution < 1.29 is 18.4 Å². The number of hydrogen-bond donors (Lipinski definition) is 2.